The first-order valence-corrected chi connectivity index (χ1v) is 10.1. The van der Waals surface area contributed by atoms with Gasteiger partial charge in [0.2, 0.25) is 5.91 Å². The van der Waals surface area contributed by atoms with E-state index in [1.54, 1.807) is 12.1 Å². The predicted molar refractivity (Wildman–Crippen MR) is 99.9 cm³/mol. The minimum absolute atomic E-state index is 0. The van der Waals surface area contributed by atoms with Gasteiger partial charge in [0.1, 0.15) is 5.75 Å². The molecule has 2 unspecified atom stereocenters. The van der Waals surface area contributed by atoms with Crippen molar-refractivity contribution in [2.45, 2.75) is 37.1 Å². The molecule has 1 aliphatic rings. The number of piperidine rings is 1. The standard InChI is InChI=1S/C17H26N2O4S.ClH/c1-13(18)14-4-3-10-19(12-14)17(20)9-11-23-15-5-7-16(8-6-15)24(2,21)22;/h5-8,13-14H,3-4,9-12,18H2,1-2H3;1H. The number of likely N-dealkylation sites (tertiary alicyclic amines) is 1. The molecule has 2 N–H and O–H groups in total. The van der Waals surface area contributed by atoms with Crippen molar-refractivity contribution < 1.29 is 17.9 Å². The van der Waals surface area contributed by atoms with Crippen LogP contribution in [0, 0.1) is 5.92 Å². The molecule has 1 amide bonds. The van der Waals surface area contributed by atoms with Gasteiger partial charge in [-0.3, -0.25) is 4.79 Å². The van der Waals surface area contributed by atoms with Crippen LogP contribution in [0.25, 0.3) is 0 Å². The maximum atomic E-state index is 12.3. The summed E-state index contributed by atoms with van der Waals surface area (Å²) in [4.78, 5) is 14.4. The van der Waals surface area contributed by atoms with Crippen LogP contribution in [0.5, 0.6) is 5.75 Å². The van der Waals surface area contributed by atoms with Gasteiger partial charge in [0.05, 0.1) is 17.9 Å². The van der Waals surface area contributed by atoms with Crippen LogP contribution in [-0.2, 0) is 14.6 Å². The van der Waals surface area contributed by atoms with E-state index in [0.29, 0.717) is 18.1 Å². The summed E-state index contributed by atoms with van der Waals surface area (Å²) in [7, 11) is -3.21. The van der Waals surface area contributed by atoms with Crippen molar-refractivity contribution in [1.82, 2.24) is 4.90 Å². The number of nitrogens with zero attached hydrogens (tertiary/aromatic N) is 1. The van der Waals surface area contributed by atoms with Gasteiger partial charge >= 0.3 is 0 Å². The normalized spacial score (nSPS) is 19.0. The van der Waals surface area contributed by atoms with Crippen molar-refractivity contribution in [3.63, 3.8) is 0 Å². The van der Waals surface area contributed by atoms with E-state index in [0.717, 1.165) is 32.2 Å². The Morgan fingerprint density at radius 3 is 2.56 bits per heavy atom. The zero-order valence-corrected chi connectivity index (χ0v) is 16.3. The average molecular weight is 391 g/mol. The van der Waals surface area contributed by atoms with E-state index in [1.165, 1.54) is 12.1 Å². The number of carbonyl (C=O) groups excluding carboxylic acids is 1. The number of rotatable bonds is 6. The summed E-state index contributed by atoms with van der Waals surface area (Å²) in [6.07, 6.45) is 3.53. The topological polar surface area (TPSA) is 89.7 Å². The number of halogens is 1. The lowest BCUT2D eigenvalue weighted by molar-refractivity contribution is -0.133. The monoisotopic (exact) mass is 390 g/mol. The Balaban J connectivity index is 0.00000312. The molecule has 1 saturated heterocycles. The van der Waals surface area contributed by atoms with Crippen LogP contribution in [0.1, 0.15) is 26.2 Å². The molecule has 1 aromatic rings. The molecule has 2 rings (SSSR count). The second-order valence-corrected chi connectivity index (χ2v) is 8.46. The minimum Gasteiger partial charge on any atom is -0.493 e. The van der Waals surface area contributed by atoms with Gasteiger partial charge in [0.25, 0.3) is 0 Å². The van der Waals surface area contributed by atoms with Crippen LogP contribution in [0.3, 0.4) is 0 Å². The Morgan fingerprint density at radius 1 is 1.36 bits per heavy atom. The van der Waals surface area contributed by atoms with Crippen LogP contribution in [0.2, 0.25) is 0 Å². The zero-order valence-electron chi connectivity index (χ0n) is 14.7. The van der Waals surface area contributed by atoms with E-state index in [2.05, 4.69) is 0 Å². The van der Waals surface area contributed by atoms with Crippen LogP contribution < -0.4 is 10.5 Å². The average Bonchev–Trinajstić information content (AvgIpc) is 2.54. The number of carbonyl (C=O) groups is 1. The molecule has 0 aromatic heterocycles. The molecule has 1 aliphatic heterocycles. The van der Waals surface area contributed by atoms with E-state index in [1.807, 2.05) is 11.8 Å². The summed E-state index contributed by atoms with van der Waals surface area (Å²) in [5, 5.41) is 0. The summed E-state index contributed by atoms with van der Waals surface area (Å²) < 4.78 is 28.3. The van der Waals surface area contributed by atoms with Crippen molar-refractivity contribution in [3.8, 4) is 5.75 Å². The number of hydrogen-bond acceptors (Lipinski definition) is 5. The molecular weight excluding hydrogens is 364 g/mol. The second-order valence-electron chi connectivity index (χ2n) is 6.44. The van der Waals surface area contributed by atoms with E-state index in [9.17, 15) is 13.2 Å². The molecular formula is C17H27ClN2O4S. The quantitative estimate of drug-likeness (QED) is 0.800. The van der Waals surface area contributed by atoms with E-state index in [-0.39, 0.29) is 35.9 Å². The third kappa shape index (κ3) is 6.49. The largest absolute Gasteiger partial charge is 0.493 e. The predicted octanol–water partition coefficient (Wildman–Crippen LogP) is 1.87. The molecule has 8 heteroatoms. The number of ether oxygens (including phenoxy) is 1. The van der Waals surface area contributed by atoms with Crippen LogP contribution >= 0.6 is 12.4 Å². The second kappa shape index (κ2) is 9.40. The lowest BCUT2D eigenvalue weighted by Crippen LogP contribution is -2.45. The Hall–Kier alpha value is -1.31. The molecule has 1 fully saturated rings. The Kier molecular flexibility index (Phi) is 8.18. The van der Waals surface area contributed by atoms with Crippen molar-refractivity contribution in [2.24, 2.45) is 11.7 Å². The van der Waals surface area contributed by atoms with Crippen molar-refractivity contribution in [3.05, 3.63) is 24.3 Å². The van der Waals surface area contributed by atoms with Gasteiger partial charge in [0, 0.05) is 25.4 Å². The van der Waals surface area contributed by atoms with Gasteiger partial charge in [-0.1, -0.05) is 0 Å². The van der Waals surface area contributed by atoms with Gasteiger partial charge in [-0.15, -0.1) is 12.4 Å². The van der Waals surface area contributed by atoms with Gasteiger partial charge in [-0.05, 0) is 49.9 Å². The maximum absolute atomic E-state index is 12.3. The first-order chi connectivity index (χ1) is 11.3. The minimum atomic E-state index is -3.21. The Bertz CT molecular complexity index is 662. The number of hydrogen-bond donors (Lipinski definition) is 1. The lowest BCUT2D eigenvalue weighted by atomic mass is 9.92. The SMILES string of the molecule is CC(N)C1CCCN(C(=O)CCOc2ccc(S(C)(=O)=O)cc2)C1.Cl. The number of nitrogens with two attached hydrogens (primary N) is 1. The molecule has 25 heavy (non-hydrogen) atoms. The third-order valence-corrected chi connectivity index (χ3v) is 5.52. The third-order valence-electron chi connectivity index (χ3n) is 4.39. The van der Waals surface area contributed by atoms with Crippen LogP contribution in [0.4, 0.5) is 0 Å². The molecule has 0 saturated carbocycles. The Labute approximate surface area is 156 Å². The fraction of sp³-hybridized carbons (Fsp3) is 0.588. The van der Waals surface area contributed by atoms with E-state index >= 15 is 0 Å². The summed E-state index contributed by atoms with van der Waals surface area (Å²) in [6, 6.07) is 6.32. The maximum Gasteiger partial charge on any atom is 0.226 e. The molecule has 0 spiro atoms. The number of sulfone groups is 1. The molecule has 2 atom stereocenters. The van der Waals surface area contributed by atoms with Gasteiger partial charge < -0.3 is 15.4 Å². The smallest absolute Gasteiger partial charge is 0.226 e. The number of amides is 1. The summed E-state index contributed by atoms with van der Waals surface area (Å²) in [5.74, 6) is 1.00. The van der Waals surface area contributed by atoms with Gasteiger partial charge in [-0.2, -0.15) is 0 Å². The number of benzene rings is 1. The highest BCUT2D eigenvalue weighted by Crippen LogP contribution is 2.20. The highest BCUT2D eigenvalue weighted by molar-refractivity contribution is 7.90. The molecule has 1 heterocycles. The van der Waals surface area contributed by atoms with Crippen LogP contribution in [0.15, 0.2) is 29.2 Å². The van der Waals surface area contributed by atoms with E-state index in [4.69, 9.17) is 10.5 Å². The zero-order chi connectivity index (χ0) is 17.7. The Morgan fingerprint density at radius 2 is 2.00 bits per heavy atom. The molecule has 142 valence electrons. The van der Waals surface area contributed by atoms with Crippen molar-refractivity contribution in [2.75, 3.05) is 26.0 Å². The fourth-order valence-electron chi connectivity index (χ4n) is 2.86. The highest BCUT2D eigenvalue weighted by Gasteiger charge is 2.25. The lowest BCUT2D eigenvalue weighted by Gasteiger charge is -2.34. The van der Waals surface area contributed by atoms with Crippen molar-refractivity contribution in [1.29, 1.82) is 0 Å². The summed E-state index contributed by atoms with van der Waals surface area (Å²) in [6.45, 7) is 3.77. The first-order valence-electron chi connectivity index (χ1n) is 8.23. The highest BCUT2D eigenvalue weighted by atomic mass is 35.5. The van der Waals surface area contributed by atoms with E-state index < -0.39 is 9.84 Å². The van der Waals surface area contributed by atoms with Crippen LogP contribution in [-0.4, -0.2) is 51.2 Å². The van der Waals surface area contributed by atoms with Gasteiger partial charge in [0.15, 0.2) is 9.84 Å². The molecule has 0 radical (unpaired) electrons. The fourth-order valence-corrected chi connectivity index (χ4v) is 3.49. The molecule has 6 nitrogen and oxygen atoms in total. The summed E-state index contributed by atoms with van der Waals surface area (Å²) >= 11 is 0. The van der Waals surface area contributed by atoms with Crippen molar-refractivity contribution >= 4 is 28.2 Å². The first kappa shape index (κ1) is 21.7. The molecule has 0 bridgehead atoms. The molecule has 1 aromatic carbocycles. The van der Waals surface area contributed by atoms with Gasteiger partial charge in [-0.25, -0.2) is 8.42 Å². The summed E-state index contributed by atoms with van der Waals surface area (Å²) in [5.41, 5.74) is 5.94. The molecule has 0 aliphatic carbocycles.